The fraction of sp³-hybridized carbons (Fsp3) is 0.500. The summed E-state index contributed by atoms with van der Waals surface area (Å²) in [6, 6.07) is 6.40. The Hall–Kier alpha value is -2.11. The molecule has 1 saturated heterocycles. The van der Waals surface area contributed by atoms with Crippen LogP contribution in [0.15, 0.2) is 24.3 Å². The minimum atomic E-state index is -0.236. The second kappa shape index (κ2) is 6.34. The zero-order valence-corrected chi connectivity index (χ0v) is 13.2. The van der Waals surface area contributed by atoms with Gasteiger partial charge in [0.05, 0.1) is 0 Å². The summed E-state index contributed by atoms with van der Waals surface area (Å²) in [5, 5.41) is 8.69. The van der Waals surface area contributed by atoms with E-state index in [-0.39, 0.29) is 5.82 Å². The van der Waals surface area contributed by atoms with Gasteiger partial charge in [-0.3, -0.25) is 4.57 Å². The Morgan fingerprint density at radius 2 is 1.64 bits per heavy atom. The van der Waals surface area contributed by atoms with Gasteiger partial charge in [-0.15, -0.1) is 10.2 Å². The summed E-state index contributed by atoms with van der Waals surface area (Å²) in [4.78, 5) is 4.23. The van der Waals surface area contributed by atoms with Crippen LogP contribution in [0.25, 0.3) is 0 Å². The molecule has 118 valence electrons. The molecule has 3 rings (SSSR count). The van der Waals surface area contributed by atoms with Crippen LogP contribution in [0, 0.1) is 5.82 Å². The monoisotopic (exact) mass is 303 g/mol. The van der Waals surface area contributed by atoms with Crippen LogP contribution in [0.4, 0.5) is 22.0 Å². The molecule has 1 aliphatic rings. The predicted molar refractivity (Wildman–Crippen MR) is 86.1 cm³/mol. The molecular formula is C16H22FN5. The molecular weight excluding hydrogens is 281 g/mol. The summed E-state index contributed by atoms with van der Waals surface area (Å²) < 4.78 is 15.1. The van der Waals surface area contributed by atoms with E-state index in [0.717, 1.165) is 30.7 Å². The summed E-state index contributed by atoms with van der Waals surface area (Å²) in [5.41, 5.74) is 0.888. The number of nitrogens with zero attached hydrogens (tertiary/aromatic N) is 5. The van der Waals surface area contributed by atoms with Gasteiger partial charge in [0, 0.05) is 32.9 Å². The molecule has 0 aliphatic carbocycles. The topological polar surface area (TPSA) is 37.2 Å². The van der Waals surface area contributed by atoms with Crippen molar-refractivity contribution in [3.8, 4) is 0 Å². The quantitative estimate of drug-likeness (QED) is 0.873. The van der Waals surface area contributed by atoms with E-state index in [1.807, 2.05) is 23.6 Å². The van der Waals surface area contributed by atoms with Crippen LogP contribution in [-0.4, -0.2) is 34.9 Å². The van der Waals surface area contributed by atoms with E-state index in [9.17, 15) is 4.39 Å². The van der Waals surface area contributed by atoms with Gasteiger partial charge in [0.15, 0.2) is 0 Å². The molecule has 0 N–H and O–H groups in total. The second-order valence-corrected chi connectivity index (χ2v) is 5.80. The molecule has 1 aliphatic heterocycles. The van der Waals surface area contributed by atoms with E-state index in [1.165, 1.54) is 37.8 Å². The first-order chi connectivity index (χ1) is 10.7. The average molecular weight is 303 g/mol. The van der Waals surface area contributed by atoms with Crippen molar-refractivity contribution in [2.24, 2.45) is 7.05 Å². The lowest BCUT2D eigenvalue weighted by Crippen LogP contribution is -2.27. The zero-order valence-electron chi connectivity index (χ0n) is 13.2. The Morgan fingerprint density at radius 3 is 2.27 bits per heavy atom. The van der Waals surface area contributed by atoms with Crippen molar-refractivity contribution in [3.05, 3.63) is 30.1 Å². The van der Waals surface area contributed by atoms with Crippen molar-refractivity contribution < 1.29 is 4.39 Å². The van der Waals surface area contributed by atoms with Crippen LogP contribution < -0.4 is 9.80 Å². The van der Waals surface area contributed by atoms with E-state index in [0.29, 0.717) is 0 Å². The van der Waals surface area contributed by atoms with E-state index in [2.05, 4.69) is 15.1 Å². The summed E-state index contributed by atoms with van der Waals surface area (Å²) in [6.07, 6.45) is 4.99. The molecule has 0 unspecified atom stereocenters. The number of hydrogen-bond acceptors (Lipinski definition) is 4. The molecule has 1 fully saturated rings. The lowest BCUT2D eigenvalue weighted by Gasteiger charge is -2.22. The van der Waals surface area contributed by atoms with Gasteiger partial charge < -0.3 is 9.80 Å². The molecule has 5 nitrogen and oxygen atoms in total. The summed E-state index contributed by atoms with van der Waals surface area (Å²) in [6.45, 7) is 2.07. The number of benzene rings is 1. The molecule has 0 saturated carbocycles. The SMILES string of the molecule is CN(c1ccc(F)cc1)c1nnc(N2CCCCCC2)n1C. The molecule has 1 aromatic carbocycles. The van der Waals surface area contributed by atoms with Crippen molar-refractivity contribution >= 4 is 17.6 Å². The van der Waals surface area contributed by atoms with Gasteiger partial charge in [0.1, 0.15) is 5.82 Å². The molecule has 0 radical (unpaired) electrons. The molecule has 1 aromatic heterocycles. The maximum atomic E-state index is 13.1. The smallest absolute Gasteiger partial charge is 0.232 e. The lowest BCUT2D eigenvalue weighted by molar-refractivity contribution is 0.628. The van der Waals surface area contributed by atoms with Crippen LogP contribution in [0.1, 0.15) is 25.7 Å². The van der Waals surface area contributed by atoms with Crippen LogP contribution in [-0.2, 0) is 7.05 Å². The van der Waals surface area contributed by atoms with Crippen molar-refractivity contribution in [1.82, 2.24) is 14.8 Å². The highest BCUT2D eigenvalue weighted by atomic mass is 19.1. The average Bonchev–Trinajstić information content (AvgIpc) is 2.74. The van der Waals surface area contributed by atoms with Gasteiger partial charge in [-0.1, -0.05) is 12.8 Å². The maximum Gasteiger partial charge on any atom is 0.232 e. The fourth-order valence-electron chi connectivity index (χ4n) is 2.93. The molecule has 0 spiro atoms. The van der Waals surface area contributed by atoms with Crippen molar-refractivity contribution in [2.75, 3.05) is 29.9 Å². The number of hydrogen-bond donors (Lipinski definition) is 0. The Labute approximate surface area is 130 Å². The van der Waals surface area contributed by atoms with Crippen molar-refractivity contribution in [1.29, 1.82) is 0 Å². The zero-order chi connectivity index (χ0) is 15.5. The minimum Gasteiger partial charge on any atom is -0.341 e. The molecule has 6 heteroatoms. The first-order valence-corrected chi connectivity index (χ1v) is 7.80. The second-order valence-electron chi connectivity index (χ2n) is 5.80. The van der Waals surface area contributed by atoms with Gasteiger partial charge in [-0.2, -0.15) is 0 Å². The predicted octanol–water partition coefficient (Wildman–Crippen LogP) is 3.10. The molecule has 0 amide bonds. The third-order valence-electron chi connectivity index (χ3n) is 4.23. The fourth-order valence-corrected chi connectivity index (χ4v) is 2.93. The molecule has 0 bridgehead atoms. The van der Waals surface area contributed by atoms with Gasteiger partial charge in [0.2, 0.25) is 11.9 Å². The Kier molecular flexibility index (Phi) is 4.27. The highest BCUT2D eigenvalue weighted by Gasteiger charge is 2.19. The maximum absolute atomic E-state index is 13.1. The van der Waals surface area contributed by atoms with Gasteiger partial charge in [-0.05, 0) is 37.1 Å². The van der Waals surface area contributed by atoms with Crippen molar-refractivity contribution in [3.63, 3.8) is 0 Å². The number of rotatable bonds is 3. The van der Waals surface area contributed by atoms with E-state index < -0.39 is 0 Å². The Bertz CT molecular complexity index is 614. The normalized spacial score (nSPS) is 15.7. The number of anilines is 3. The molecule has 2 heterocycles. The van der Waals surface area contributed by atoms with E-state index in [4.69, 9.17) is 0 Å². The van der Waals surface area contributed by atoms with E-state index >= 15 is 0 Å². The Balaban J connectivity index is 1.84. The highest BCUT2D eigenvalue weighted by molar-refractivity contribution is 5.57. The summed E-state index contributed by atoms with van der Waals surface area (Å²) in [7, 11) is 3.90. The lowest BCUT2D eigenvalue weighted by atomic mass is 10.2. The first-order valence-electron chi connectivity index (χ1n) is 7.80. The Morgan fingerprint density at radius 1 is 1.00 bits per heavy atom. The molecule has 22 heavy (non-hydrogen) atoms. The van der Waals surface area contributed by atoms with Gasteiger partial charge >= 0.3 is 0 Å². The molecule has 2 aromatic rings. The summed E-state index contributed by atoms with van der Waals surface area (Å²) in [5.74, 6) is 1.43. The van der Waals surface area contributed by atoms with Crippen LogP contribution >= 0.6 is 0 Å². The third kappa shape index (κ3) is 2.91. The third-order valence-corrected chi connectivity index (χ3v) is 4.23. The number of halogens is 1. The highest BCUT2D eigenvalue weighted by Crippen LogP contribution is 2.25. The van der Waals surface area contributed by atoms with Gasteiger partial charge in [-0.25, -0.2) is 4.39 Å². The largest absolute Gasteiger partial charge is 0.341 e. The van der Waals surface area contributed by atoms with Crippen LogP contribution in [0.2, 0.25) is 0 Å². The van der Waals surface area contributed by atoms with E-state index in [1.54, 1.807) is 12.1 Å². The molecule has 0 atom stereocenters. The van der Waals surface area contributed by atoms with Crippen molar-refractivity contribution in [2.45, 2.75) is 25.7 Å². The number of aromatic nitrogens is 3. The minimum absolute atomic E-state index is 0.236. The van der Waals surface area contributed by atoms with Crippen LogP contribution in [0.5, 0.6) is 0 Å². The van der Waals surface area contributed by atoms with Gasteiger partial charge in [0.25, 0.3) is 0 Å². The van der Waals surface area contributed by atoms with Crippen LogP contribution in [0.3, 0.4) is 0 Å². The summed E-state index contributed by atoms with van der Waals surface area (Å²) >= 11 is 0. The first kappa shape index (κ1) is 14.8. The standard InChI is InChI=1S/C16H22FN5/c1-20(14-9-7-13(17)8-10-14)15-18-19-16(21(15)2)22-11-5-3-4-6-12-22/h7-10H,3-6,11-12H2,1-2H3.